The van der Waals surface area contributed by atoms with Crippen molar-refractivity contribution in [2.75, 3.05) is 13.4 Å². The lowest BCUT2D eigenvalue weighted by Gasteiger charge is -2.17. The molecule has 0 aliphatic carbocycles. The number of methoxy groups -OCH3 is 1. The van der Waals surface area contributed by atoms with Crippen LogP contribution in [0.2, 0.25) is 0 Å². The molecule has 0 aliphatic rings. The molecule has 0 amide bonds. The van der Waals surface area contributed by atoms with Crippen LogP contribution < -0.4 is 10.5 Å². The topological polar surface area (TPSA) is 35.2 Å². The first-order valence-corrected chi connectivity index (χ1v) is 7.90. The maximum atomic E-state index is 6.35. The fourth-order valence-electron chi connectivity index (χ4n) is 1.94. The highest BCUT2D eigenvalue weighted by Gasteiger charge is 2.14. The van der Waals surface area contributed by atoms with Gasteiger partial charge in [0.2, 0.25) is 0 Å². The molecule has 2 nitrogen and oxygen atoms in total. The standard InChI is InChI=1S/C15H16BrNOS/c1-18-14-8-5-11(16)9-13(14)15(17)10-3-6-12(19-2)7-4-10/h3-9,15H,17H2,1-2H3. The van der Waals surface area contributed by atoms with E-state index in [0.717, 1.165) is 21.3 Å². The highest BCUT2D eigenvalue weighted by atomic mass is 79.9. The fraction of sp³-hybridized carbons (Fsp3) is 0.200. The van der Waals surface area contributed by atoms with Gasteiger partial charge >= 0.3 is 0 Å². The summed E-state index contributed by atoms with van der Waals surface area (Å²) in [6, 6.07) is 14.0. The van der Waals surface area contributed by atoms with Crippen molar-refractivity contribution in [1.29, 1.82) is 0 Å². The highest BCUT2D eigenvalue weighted by molar-refractivity contribution is 9.10. The van der Waals surface area contributed by atoms with Crippen LogP contribution >= 0.6 is 27.7 Å². The lowest BCUT2D eigenvalue weighted by molar-refractivity contribution is 0.407. The Hall–Kier alpha value is -0.970. The van der Waals surface area contributed by atoms with Crippen LogP contribution in [0.15, 0.2) is 51.8 Å². The summed E-state index contributed by atoms with van der Waals surface area (Å²) in [4.78, 5) is 1.23. The Labute approximate surface area is 126 Å². The maximum Gasteiger partial charge on any atom is 0.124 e. The molecule has 0 aromatic heterocycles. The average molecular weight is 338 g/mol. The van der Waals surface area contributed by atoms with E-state index in [4.69, 9.17) is 10.5 Å². The average Bonchev–Trinajstić information content (AvgIpc) is 2.46. The molecule has 100 valence electrons. The molecule has 0 saturated heterocycles. The van der Waals surface area contributed by atoms with Gasteiger partial charge in [0.25, 0.3) is 0 Å². The number of hydrogen-bond donors (Lipinski definition) is 1. The molecule has 1 unspecified atom stereocenters. The van der Waals surface area contributed by atoms with Crippen molar-refractivity contribution in [3.8, 4) is 5.75 Å². The molecule has 4 heteroatoms. The zero-order valence-electron chi connectivity index (χ0n) is 10.9. The van der Waals surface area contributed by atoms with Crippen molar-refractivity contribution in [2.24, 2.45) is 5.73 Å². The van der Waals surface area contributed by atoms with Gasteiger partial charge in [-0.15, -0.1) is 11.8 Å². The molecule has 2 aromatic rings. The number of benzene rings is 2. The van der Waals surface area contributed by atoms with Crippen molar-refractivity contribution in [1.82, 2.24) is 0 Å². The summed E-state index contributed by atoms with van der Waals surface area (Å²) in [6.07, 6.45) is 2.06. The predicted molar refractivity (Wildman–Crippen MR) is 84.9 cm³/mol. The lowest BCUT2D eigenvalue weighted by atomic mass is 9.99. The first-order valence-electron chi connectivity index (χ1n) is 5.88. The number of hydrogen-bond acceptors (Lipinski definition) is 3. The third kappa shape index (κ3) is 3.32. The molecular formula is C15H16BrNOS. The SMILES string of the molecule is COc1ccc(Br)cc1C(N)c1ccc(SC)cc1. The van der Waals surface area contributed by atoms with Crippen LogP contribution in [-0.4, -0.2) is 13.4 Å². The summed E-state index contributed by atoms with van der Waals surface area (Å²) in [5, 5.41) is 0. The minimum atomic E-state index is -0.191. The Kier molecular flexibility index (Phi) is 4.91. The Morgan fingerprint density at radius 3 is 2.42 bits per heavy atom. The molecule has 2 N–H and O–H groups in total. The van der Waals surface area contributed by atoms with Gasteiger partial charge in [-0.25, -0.2) is 0 Å². The van der Waals surface area contributed by atoms with E-state index in [1.54, 1.807) is 18.9 Å². The van der Waals surface area contributed by atoms with Crippen molar-refractivity contribution in [3.63, 3.8) is 0 Å². The largest absolute Gasteiger partial charge is 0.496 e. The van der Waals surface area contributed by atoms with E-state index in [1.807, 2.05) is 18.2 Å². The van der Waals surface area contributed by atoms with Gasteiger partial charge in [-0.2, -0.15) is 0 Å². The fourth-order valence-corrected chi connectivity index (χ4v) is 2.73. The first-order chi connectivity index (χ1) is 9.15. The molecule has 1 atom stereocenters. The summed E-state index contributed by atoms with van der Waals surface area (Å²) in [5.41, 5.74) is 8.40. The molecule has 0 heterocycles. The summed E-state index contributed by atoms with van der Waals surface area (Å²) >= 11 is 5.20. The van der Waals surface area contributed by atoms with Gasteiger partial charge in [0.15, 0.2) is 0 Å². The van der Waals surface area contributed by atoms with E-state index >= 15 is 0 Å². The van der Waals surface area contributed by atoms with Crippen molar-refractivity contribution < 1.29 is 4.74 Å². The first kappa shape index (κ1) is 14.4. The van der Waals surface area contributed by atoms with E-state index in [0.29, 0.717) is 0 Å². The number of thioether (sulfide) groups is 1. The van der Waals surface area contributed by atoms with E-state index in [2.05, 4.69) is 46.5 Å². The number of rotatable bonds is 4. The van der Waals surface area contributed by atoms with Crippen LogP contribution in [0.25, 0.3) is 0 Å². The zero-order valence-corrected chi connectivity index (χ0v) is 13.3. The second-order valence-corrected chi connectivity index (χ2v) is 5.93. The minimum Gasteiger partial charge on any atom is -0.496 e. The van der Waals surface area contributed by atoms with Gasteiger partial charge in [-0.1, -0.05) is 28.1 Å². The molecule has 0 bridgehead atoms. The predicted octanol–water partition coefficient (Wildman–Crippen LogP) is 4.23. The van der Waals surface area contributed by atoms with E-state index in [1.165, 1.54) is 4.90 Å². The Balaban J connectivity index is 2.36. The van der Waals surface area contributed by atoms with Gasteiger partial charge < -0.3 is 10.5 Å². The molecule has 0 fully saturated rings. The second-order valence-electron chi connectivity index (χ2n) is 4.14. The second kappa shape index (κ2) is 6.46. The smallest absolute Gasteiger partial charge is 0.124 e. The summed E-state index contributed by atoms with van der Waals surface area (Å²) in [7, 11) is 1.66. The van der Waals surface area contributed by atoms with Crippen LogP contribution in [0.4, 0.5) is 0 Å². The minimum absolute atomic E-state index is 0.191. The van der Waals surface area contributed by atoms with Crippen LogP contribution in [0.5, 0.6) is 5.75 Å². The Morgan fingerprint density at radius 2 is 1.84 bits per heavy atom. The molecule has 0 radical (unpaired) electrons. The summed E-state index contributed by atoms with van der Waals surface area (Å²) in [6.45, 7) is 0. The van der Waals surface area contributed by atoms with Crippen molar-refractivity contribution >= 4 is 27.7 Å². The monoisotopic (exact) mass is 337 g/mol. The Bertz CT molecular complexity index is 557. The van der Waals surface area contributed by atoms with Crippen LogP contribution in [-0.2, 0) is 0 Å². The third-order valence-electron chi connectivity index (χ3n) is 3.00. The van der Waals surface area contributed by atoms with Gasteiger partial charge in [-0.3, -0.25) is 0 Å². The molecule has 2 rings (SSSR count). The van der Waals surface area contributed by atoms with Crippen LogP contribution in [0, 0.1) is 0 Å². The third-order valence-corrected chi connectivity index (χ3v) is 4.24. The number of nitrogens with two attached hydrogens (primary N) is 1. The summed E-state index contributed by atoms with van der Waals surface area (Å²) in [5.74, 6) is 0.810. The maximum absolute atomic E-state index is 6.35. The quantitative estimate of drug-likeness (QED) is 0.848. The van der Waals surface area contributed by atoms with Crippen molar-refractivity contribution in [3.05, 3.63) is 58.1 Å². The highest BCUT2D eigenvalue weighted by Crippen LogP contribution is 2.31. The van der Waals surface area contributed by atoms with E-state index in [9.17, 15) is 0 Å². The van der Waals surface area contributed by atoms with Gasteiger partial charge in [0.05, 0.1) is 13.2 Å². The molecule has 0 saturated carbocycles. The molecule has 19 heavy (non-hydrogen) atoms. The molecule has 0 aliphatic heterocycles. The van der Waals surface area contributed by atoms with Crippen LogP contribution in [0.1, 0.15) is 17.2 Å². The van der Waals surface area contributed by atoms with E-state index in [-0.39, 0.29) is 6.04 Å². The Morgan fingerprint density at radius 1 is 1.16 bits per heavy atom. The lowest BCUT2D eigenvalue weighted by Crippen LogP contribution is -2.13. The molecular weight excluding hydrogens is 322 g/mol. The van der Waals surface area contributed by atoms with Gasteiger partial charge in [-0.05, 0) is 42.2 Å². The van der Waals surface area contributed by atoms with Gasteiger partial charge in [0, 0.05) is 14.9 Å². The van der Waals surface area contributed by atoms with Crippen LogP contribution in [0.3, 0.4) is 0 Å². The van der Waals surface area contributed by atoms with Crippen molar-refractivity contribution in [2.45, 2.75) is 10.9 Å². The molecule has 0 spiro atoms. The molecule has 2 aromatic carbocycles. The van der Waals surface area contributed by atoms with E-state index < -0.39 is 0 Å². The van der Waals surface area contributed by atoms with Gasteiger partial charge in [0.1, 0.15) is 5.75 Å². The number of ether oxygens (including phenoxy) is 1. The number of halogens is 1. The normalized spacial score (nSPS) is 12.2. The zero-order chi connectivity index (χ0) is 13.8. The summed E-state index contributed by atoms with van der Waals surface area (Å²) < 4.78 is 6.38.